The van der Waals surface area contributed by atoms with Crippen molar-refractivity contribution in [3.63, 3.8) is 0 Å². The smallest absolute Gasteiger partial charge is 0.282 e. The van der Waals surface area contributed by atoms with Crippen LogP contribution >= 0.6 is 0 Å². The molecule has 3 atom stereocenters. The lowest BCUT2D eigenvalue weighted by molar-refractivity contribution is -0.0823. The maximum atomic E-state index is 16.7. The zero-order valence-electron chi connectivity index (χ0n) is 29.4. The molecule has 0 aromatic heterocycles. The monoisotopic (exact) mass is 719 g/mol. The molecule has 2 N–H and O–H groups in total. The number of fused-ring (bicyclic) bond motifs is 2. The van der Waals surface area contributed by atoms with Crippen molar-refractivity contribution in [2.24, 2.45) is 0 Å². The molecule has 3 aliphatic heterocycles. The highest BCUT2D eigenvalue weighted by Gasteiger charge is 2.52. The minimum absolute atomic E-state index is 0.0128. The fourth-order valence-corrected chi connectivity index (χ4v) is 12.7. The molecule has 0 bridgehead atoms. The van der Waals surface area contributed by atoms with Crippen molar-refractivity contribution in [3.8, 4) is 11.5 Å². The molecule has 3 aliphatic rings. The average Bonchev–Trinajstić information content (AvgIpc) is 3.77. The van der Waals surface area contributed by atoms with Gasteiger partial charge in [0.2, 0.25) is 6.79 Å². The molecule has 270 valence electrons. The summed E-state index contributed by atoms with van der Waals surface area (Å²) in [5.74, 6) is -4.05. The summed E-state index contributed by atoms with van der Waals surface area (Å²) in [4.78, 5) is 1.52. The Morgan fingerprint density at radius 1 is 0.902 bits per heavy atom. The summed E-state index contributed by atoms with van der Waals surface area (Å²) in [6.45, 7) is 7.79. The molecule has 0 aliphatic carbocycles. The molecule has 7 rings (SSSR count). The van der Waals surface area contributed by atoms with E-state index in [9.17, 15) is 0 Å². The van der Waals surface area contributed by atoms with Gasteiger partial charge in [-0.05, 0) is 77.1 Å². The molecule has 0 amide bonds. The summed E-state index contributed by atoms with van der Waals surface area (Å²) >= 11 is 0. The van der Waals surface area contributed by atoms with E-state index in [0.717, 1.165) is 28.9 Å². The van der Waals surface area contributed by atoms with Crippen LogP contribution in [0.15, 0.2) is 84.9 Å². The second-order valence-electron chi connectivity index (χ2n) is 15.0. The van der Waals surface area contributed by atoms with Crippen molar-refractivity contribution in [1.82, 2.24) is 10.2 Å². The highest BCUT2D eigenvalue weighted by atomic mass is 28.4. The van der Waals surface area contributed by atoms with Gasteiger partial charge in [0.1, 0.15) is 11.6 Å². The average molecular weight is 720 g/mol. The fourth-order valence-electron chi connectivity index (χ4n) is 8.10. The highest BCUT2D eigenvalue weighted by Crippen LogP contribution is 2.47. The Morgan fingerprint density at radius 2 is 1.51 bits per heavy atom. The van der Waals surface area contributed by atoms with Crippen LogP contribution in [0.5, 0.6) is 11.5 Å². The van der Waals surface area contributed by atoms with Gasteiger partial charge >= 0.3 is 0 Å². The Morgan fingerprint density at radius 3 is 2.08 bits per heavy atom. The number of halogens is 4. The van der Waals surface area contributed by atoms with Crippen LogP contribution in [-0.2, 0) is 10.8 Å². The number of ether oxygens (including phenoxy) is 2. The third-order valence-electron chi connectivity index (χ3n) is 10.5. The third kappa shape index (κ3) is 6.89. The molecule has 3 heterocycles. The van der Waals surface area contributed by atoms with Crippen LogP contribution in [0.1, 0.15) is 56.8 Å². The Bertz CT molecular complexity index is 1790. The first-order valence-electron chi connectivity index (χ1n) is 17.6. The van der Waals surface area contributed by atoms with Crippen molar-refractivity contribution >= 4 is 24.4 Å². The minimum Gasteiger partial charge on any atom is -0.454 e. The Labute approximate surface area is 298 Å². The molecule has 51 heavy (non-hydrogen) atoms. The molecule has 11 heteroatoms. The van der Waals surface area contributed by atoms with Crippen molar-refractivity contribution in [2.45, 2.75) is 69.6 Å². The standard InChI is InChI=1S/C40H45F4N3O3Si/c1-26-17-27-18-35-36(49-25-48-35)21-32(27)38(37-33(41)19-29(20-34(37)42)46-28-15-16-45-22-28)47(26)23-40(43,44)24-50-51(39(2,3)4,30-11-7-5-8-12-30)31-13-9-6-10-14-31/h5-14,18-21,26,28,38,45-46H,15-17,22-25H2,1-4H3/t26-,28+,38+/m1/s1. The Kier molecular flexibility index (Phi) is 9.68. The summed E-state index contributed by atoms with van der Waals surface area (Å²) in [6, 6.07) is 23.7. The van der Waals surface area contributed by atoms with Crippen LogP contribution in [0.3, 0.4) is 0 Å². The van der Waals surface area contributed by atoms with Gasteiger partial charge in [0, 0.05) is 29.9 Å². The van der Waals surface area contributed by atoms with E-state index in [2.05, 4.69) is 10.6 Å². The Balaban J connectivity index is 1.26. The van der Waals surface area contributed by atoms with E-state index < -0.39 is 56.1 Å². The van der Waals surface area contributed by atoms with Gasteiger partial charge in [0.05, 0.1) is 19.2 Å². The van der Waals surface area contributed by atoms with Gasteiger partial charge in [0.15, 0.2) is 11.5 Å². The van der Waals surface area contributed by atoms with Crippen molar-refractivity contribution in [1.29, 1.82) is 0 Å². The van der Waals surface area contributed by atoms with Crippen molar-refractivity contribution in [2.75, 3.05) is 38.4 Å². The van der Waals surface area contributed by atoms with E-state index in [1.54, 1.807) is 6.07 Å². The van der Waals surface area contributed by atoms with Crippen LogP contribution in [-0.4, -0.2) is 64.3 Å². The molecular formula is C40H45F4N3O3Si. The molecule has 4 aromatic carbocycles. The molecule has 0 spiro atoms. The molecule has 6 nitrogen and oxygen atoms in total. The van der Waals surface area contributed by atoms with Crippen LogP contribution in [0, 0.1) is 11.6 Å². The minimum atomic E-state index is -3.39. The van der Waals surface area contributed by atoms with Crippen molar-refractivity contribution < 1.29 is 31.5 Å². The van der Waals surface area contributed by atoms with Crippen LogP contribution < -0.4 is 30.5 Å². The molecule has 1 saturated heterocycles. The number of alkyl halides is 2. The summed E-state index contributed by atoms with van der Waals surface area (Å²) in [5, 5.41) is 7.71. The lowest BCUT2D eigenvalue weighted by atomic mass is 9.84. The largest absolute Gasteiger partial charge is 0.454 e. The number of anilines is 1. The number of hydrogen-bond donors (Lipinski definition) is 2. The number of nitrogens with zero attached hydrogens (tertiary/aromatic N) is 1. The molecule has 0 radical (unpaired) electrons. The number of rotatable bonds is 10. The number of benzene rings is 4. The van der Waals surface area contributed by atoms with Gasteiger partial charge in [-0.2, -0.15) is 0 Å². The van der Waals surface area contributed by atoms with E-state index in [-0.39, 0.29) is 18.4 Å². The van der Waals surface area contributed by atoms with Gasteiger partial charge in [0.25, 0.3) is 14.2 Å². The second kappa shape index (κ2) is 13.9. The summed E-state index contributed by atoms with van der Waals surface area (Å²) in [5.41, 5.74) is 1.32. The maximum Gasteiger partial charge on any atom is 0.282 e. The highest BCUT2D eigenvalue weighted by molar-refractivity contribution is 6.99. The van der Waals surface area contributed by atoms with Gasteiger partial charge < -0.3 is 24.5 Å². The van der Waals surface area contributed by atoms with E-state index in [4.69, 9.17) is 13.9 Å². The van der Waals surface area contributed by atoms with Gasteiger partial charge in [-0.25, -0.2) is 17.6 Å². The summed E-state index contributed by atoms with van der Waals surface area (Å²) in [7, 11) is -3.29. The summed E-state index contributed by atoms with van der Waals surface area (Å²) in [6.07, 6.45) is 1.20. The summed E-state index contributed by atoms with van der Waals surface area (Å²) < 4.78 is 84.0. The van der Waals surface area contributed by atoms with Crippen molar-refractivity contribution in [3.05, 3.63) is 113 Å². The molecule has 1 fully saturated rings. The van der Waals surface area contributed by atoms with E-state index in [1.165, 1.54) is 17.0 Å². The lowest BCUT2D eigenvalue weighted by Crippen LogP contribution is -2.67. The van der Waals surface area contributed by atoms with Gasteiger partial charge in [-0.15, -0.1) is 0 Å². The zero-order valence-corrected chi connectivity index (χ0v) is 30.4. The Hall–Kier alpha value is -3.90. The zero-order chi connectivity index (χ0) is 36.0. The fraction of sp³-hybridized carbons (Fsp3) is 0.400. The quantitative estimate of drug-likeness (QED) is 0.136. The predicted octanol–water partition coefficient (Wildman–Crippen LogP) is 7.02. The first kappa shape index (κ1) is 35.5. The maximum absolute atomic E-state index is 16.7. The second-order valence-corrected chi connectivity index (χ2v) is 19.3. The van der Waals surface area contributed by atoms with E-state index in [0.29, 0.717) is 35.7 Å². The molecular weight excluding hydrogens is 675 g/mol. The molecule has 0 saturated carbocycles. The first-order chi connectivity index (χ1) is 24.4. The lowest BCUT2D eigenvalue weighted by Gasteiger charge is -2.46. The SMILES string of the molecule is C[C@@H]1Cc2cc3c(cc2[C@@H](c2c(F)cc(N[C@H]4CCNC4)cc2F)N1CC(F)(F)CO[Si](c1ccccc1)(c1ccccc1)C(C)(C)C)OCO3. The third-order valence-corrected chi connectivity index (χ3v) is 15.4. The topological polar surface area (TPSA) is 55.0 Å². The van der Waals surface area contributed by atoms with Crippen LogP contribution in [0.2, 0.25) is 5.04 Å². The van der Waals surface area contributed by atoms with Gasteiger partial charge in [-0.3, -0.25) is 4.90 Å². The number of nitrogens with one attached hydrogen (secondary N) is 2. The normalized spacial score (nSPS) is 20.7. The molecule has 0 unspecified atom stereocenters. The molecule has 4 aromatic rings. The van der Waals surface area contributed by atoms with Crippen LogP contribution in [0.25, 0.3) is 0 Å². The van der Waals surface area contributed by atoms with E-state index in [1.807, 2.05) is 94.4 Å². The van der Waals surface area contributed by atoms with Gasteiger partial charge in [-0.1, -0.05) is 81.4 Å². The predicted molar refractivity (Wildman–Crippen MR) is 194 cm³/mol. The van der Waals surface area contributed by atoms with Crippen LogP contribution in [0.4, 0.5) is 23.2 Å². The number of hydrogen-bond acceptors (Lipinski definition) is 6. The first-order valence-corrected chi connectivity index (χ1v) is 19.5. The van der Waals surface area contributed by atoms with E-state index >= 15 is 17.6 Å².